The van der Waals surface area contributed by atoms with Crippen LogP contribution in [-0.2, 0) is 4.79 Å². The Balaban J connectivity index is 2.25. The minimum atomic E-state index is -0.903. The van der Waals surface area contributed by atoms with Gasteiger partial charge < -0.3 is 9.52 Å². The van der Waals surface area contributed by atoms with Crippen molar-refractivity contribution in [3.8, 4) is 0 Å². The van der Waals surface area contributed by atoms with Crippen LogP contribution in [0, 0.1) is 13.8 Å². The summed E-state index contributed by atoms with van der Waals surface area (Å²) in [4.78, 5) is 15.5. The number of carboxylic acid groups (broad SMARTS) is 1. The lowest BCUT2D eigenvalue weighted by Gasteiger charge is -2.09. The summed E-state index contributed by atoms with van der Waals surface area (Å²) in [6.07, 6.45) is 0. The number of oxazole rings is 1. The van der Waals surface area contributed by atoms with Gasteiger partial charge in [-0.1, -0.05) is 30.3 Å². The zero-order valence-corrected chi connectivity index (χ0v) is 10.9. The van der Waals surface area contributed by atoms with Crippen molar-refractivity contribution in [1.29, 1.82) is 0 Å². The lowest BCUT2D eigenvalue weighted by atomic mass is 10.1. The van der Waals surface area contributed by atoms with Gasteiger partial charge in [-0.3, -0.25) is 4.79 Å². The summed E-state index contributed by atoms with van der Waals surface area (Å²) in [5.41, 5.74) is 1.51. The van der Waals surface area contributed by atoms with Crippen LogP contribution in [-0.4, -0.2) is 16.1 Å². The minimum Gasteiger partial charge on any atom is -0.480 e. The molecule has 1 N–H and O–H groups in total. The molecule has 0 fully saturated rings. The normalized spacial score (nSPS) is 12.3. The Morgan fingerprint density at radius 2 is 2.00 bits per heavy atom. The lowest BCUT2D eigenvalue weighted by Crippen LogP contribution is -2.07. The second-order valence-electron chi connectivity index (χ2n) is 3.87. The van der Waals surface area contributed by atoms with E-state index < -0.39 is 11.2 Å². The highest BCUT2D eigenvalue weighted by atomic mass is 32.2. The largest absolute Gasteiger partial charge is 0.480 e. The van der Waals surface area contributed by atoms with E-state index in [2.05, 4.69) is 4.98 Å². The number of thioether (sulfide) groups is 1. The highest BCUT2D eigenvalue weighted by molar-refractivity contribution is 8.00. The first-order valence-electron chi connectivity index (χ1n) is 5.46. The first-order chi connectivity index (χ1) is 8.58. The van der Waals surface area contributed by atoms with E-state index in [-0.39, 0.29) is 0 Å². The summed E-state index contributed by atoms with van der Waals surface area (Å²) < 4.78 is 5.40. The Bertz CT molecular complexity index is 531. The first kappa shape index (κ1) is 12.7. The number of carboxylic acids is 1. The Morgan fingerprint density at radius 3 is 2.50 bits per heavy atom. The van der Waals surface area contributed by atoms with Crippen LogP contribution in [0.25, 0.3) is 0 Å². The van der Waals surface area contributed by atoms with Crippen LogP contribution < -0.4 is 0 Å². The molecule has 2 aromatic rings. The van der Waals surface area contributed by atoms with Crippen molar-refractivity contribution in [2.75, 3.05) is 0 Å². The van der Waals surface area contributed by atoms with Gasteiger partial charge in [-0.2, -0.15) is 0 Å². The first-order valence-corrected chi connectivity index (χ1v) is 6.34. The fourth-order valence-electron chi connectivity index (χ4n) is 1.48. The Morgan fingerprint density at radius 1 is 1.33 bits per heavy atom. The summed E-state index contributed by atoms with van der Waals surface area (Å²) >= 11 is 1.11. The number of aliphatic carboxylic acids is 1. The van der Waals surface area contributed by atoms with Gasteiger partial charge >= 0.3 is 5.97 Å². The van der Waals surface area contributed by atoms with Gasteiger partial charge in [0.25, 0.3) is 5.22 Å². The fourth-order valence-corrected chi connectivity index (χ4v) is 2.44. The van der Waals surface area contributed by atoms with Gasteiger partial charge in [-0.05, 0) is 31.2 Å². The van der Waals surface area contributed by atoms with Gasteiger partial charge in [0.1, 0.15) is 11.0 Å². The number of nitrogens with zero attached hydrogens (tertiary/aromatic N) is 1. The van der Waals surface area contributed by atoms with E-state index in [9.17, 15) is 9.90 Å². The summed E-state index contributed by atoms with van der Waals surface area (Å²) in [6.45, 7) is 3.64. The molecular formula is C13H13NO3S. The highest BCUT2D eigenvalue weighted by Gasteiger charge is 2.23. The van der Waals surface area contributed by atoms with E-state index in [1.54, 1.807) is 12.1 Å². The van der Waals surface area contributed by atoms with Crippen LogP contribution in [0.1, 0.15) is 22.3 Å². The Labute approximate surface area is 109 Å². The minimum absolute atomic E-state index is 0.390. The SMILES string of the molecule is Cc1nc(SC(C(=O)O)c2ccccc2)oc1C. The van der Waals surface area contributed by atoms with Crippen LogP contribution in [0.4, 0.5) is 0 Å². The van der Waals surface area contributed by atoms with E-state index in [1.165, 1.54) is 0 Å². The second-order valence-corrected chi connectivity index (χ2v) is 4.92. The molecule has 18 heavy (non-hydrogen) atoms. The molecule has 2 rings (SSSR count). The van der Waals surface area contributed by atoms with Crippen molar-refractivity contribution < 1.29 is 14.3 Å². The average molecular weight is 263 g/mol. The molecule has 0 saturated heterocycles. The molecule has 1 aromatic carbocycles. The lowest BCUT2D eigenvalue weighted by molar-refractivity contribution is -0.136. The standard InChI is InChI=1S/C13H13NO3S/c1-8-9(2)17-13(14-8)18-11(12(15)16)10-6-4-3-5-7-10/h3-7,11H,1-2H3,(H,15,16). The molecule has 0 aliphatic rings. The highest BCUT2D eigenvalue weighted by Crippen LogP contribution is 2.35. The fraction of sp³-hybridized carbons (Fsp3) is 0.231. The van der Waals surface area contributed by atoms with Crippen molar-refractivity contribution >= 4 is 17.7 Å². The van der Waals surface area contributed by atoms with Crippen LogP contribution >= 0.6 is 11.8 Å². The Hall–Kier alpha value is -1.75. The number of hydrogen-bond acceptors (Lipinski definition) is 4. The summed E-state index contributed by atoms with van der Waals surface area (Å²) in [5, 5.41) is 8.96. The topological polar surface area (TPSA) is 63.3 Å². The van der Waals surface area contributed by atoms with E-state index in [4.69, 9.17) is 4.42 Å². The molecule has 0 bridgehead atoms. The van der Waals surface area contributed by atoms with Crippen molar-refractivity contribution in [2.45, 2.75) is 24.3 Å². The van der Waals surface area contributed by atoms with Crippen molar-refractivity contribution in [2.24, 2.45) is 0 Å². The molecule has 1 heterocycles. The number of hydrogen-bond donors (Lipinski definition) is 1. The summed E-state index contributed by atoms with van der Waals surface area (Å²) in [7, 11) is 0. The van der Waals surface area contributed by atoms with E-state index in [0.29, 0.717) is 5.22 Å². The van der Waals surface area contributed by atoms with E-state index in [1.807, 2.05) is 32.0 Å². The molecule has 1 unspecified atom stereocenters. The molecule has 0 amide bonds. The van der Waals surface area contributed by atoms with Gasteiger partial charge in [-0.25, -0.2) is 4.98 Å². The maximum absolute atomic E-state index is 11.3. The van der Waals surface area contributed by atoms with E-state index >= 15 is 0 Å². The van der Waals surface area contributed by atoms with Gasteiger partial charge in [-0.15, -0.1) is 0 Å². The van der Waals surface area contributed by atoms with Gasteiger partial charge in [0, 0.05) is 0 Å². The smallest absolute Gasteiger partial charge is 0.321 e. The van der Waals surface area contributed by atoms with Crippen LogP contribution in [0.2, 0.25) is 0 Å². The maximum atomic E-state index is 11.3. The van der Waals surface area contributed by atoms with Crippen LogP contribution in [0.15, 0.2) is 40.0 Å². The van der Waals surface area contributed by atoms with Gasteiger partial charge in [0.2, 0.25) is 0 Å². The molecule has 0 radical (unpaired) electrons. The zero-order valence-electron chi connectivity index (χ0n) is 10.1. The molecule has 0 aliphatic carbocycles. The predicted molar refractivity (Wildman–Crippen MR) is 68.7 cm³/mol. The average Bonchev–Trinajstić information content (AvgIpc) is 2.66. The third-order valence-corrected chi connectivity index (χ3v) is 3.64. The quantitative estimate of drug-likeness (QED) is 0.858. The molecule has 0 saturated carbocycles. The molecule has 1 atom stereocenters. The molecule has 94 valence electrons. The van der Waals surface area contributed by atoms with Gasteiger partial charge in [0.05, 0.1) is 5.69 Å². The molecule has 5 heteroatoms. The molecular weight excluding hydrogens is 250 g/mol. The summed E-state index contributed by atoms with van der Waals surface area (Å²) in [6, 6.07) is 9.06. The number of aromatic nitrogens is 1. The van der Waals surface area contributed by atoms with Crippen molar-refractivity contribution in [3.63, 3.8) is 0 Å². The predicted octanol–water partition coefficient (Wildman–Crippen LogP) is 3.21. The second kappa shape index (κ2) is 5.27. The number of carbonyl (C=O) groups is 1. The Kier molecular flexibility index (Phi) is 3.72. The molecule has 0 spiro atoms. The molecule has 1 aromatic heterocycles. The third-order valence-electron chi connectivity index (χ3n) is 2.55. The monoisotopic (exact) mass is 263 g/mol. The van der Waals surface area contributed by atoms with E-state index in [0.717, 1.165) is 28.8 Å². The third kappa shape index (κ3) is 2.73. The zero-order chi connectivity index (χ0) is 13.1. The maximum Gasteiger partial charge on any atom is 0.321 e. The van der Waals surface area contributed by atoms with Crippen LogP contribution in [0.5, 0.6) is 0 Å². The van der Waals surface area contributed by atoms with Gasteiger partial charge in [0.15, 0.2) is 0 Å². The van der Waals surface area contributed by atoms with Crippen molar-refractivity contribution in [1.82, 2.24) is 4.98 Å². The number of aryl methyl sites for hydroxylation is 2. The molecule has 4 nitrogen and oxygen atoms in total. The number of rotatable bonds is 4. The van der Waals surface area contributed by atoms with Crippen molar-refractivity contribution in [3.05, 3.63) is 47.3 Å². The molecule has 0 aliphatic heterocycles. The number of benzene rings is 1. The van der Waals surface area contributed by atoms with Crippen LogP contribution in [0.3, 0.4) is 0 Å². The summed E-state index contributed by atoms with van der Waals surface area (Å²) in [5.74, 6) is -0.186.